The highest BCUT2D eigenvalue weighted by Crippen LogP contribution is 2.19. The largest absolute Gasteiger partial charge is 0.496 e. The van der Waals surface area contributed by atoms with Gasteiger partial charge in [-0.25, -0.2) is 9.78 Å². The molecule has 162 valence electrons. The third-order valence-electron chi connectivity index (χ3n) is 4.61. The van der Waals surface area contributed by atoms with Gasteiger partial charge in [-0.2, -0.15) is 0 Å². The molecule has 0 aliphatic rings. The Morgan fingerprint density at radius 3 is 2.59 bits per heavy atom. The minimum Gasteiger partial charge on any atom is -0.496 e. The van der Waals surface area contributed by atoms with Crippen molar-refractivity contribution in [3.63, 3.8) is 0 Å². The Kier molecular flexibility index (Phi) is 5.71. The minimum absolute atomic E-state index is 0.166. The molecule has 4 rings (SSSR count). The monoisotopic (exact) mass is 433 g/mol. The predicted octanol–water partition coefficient (Wildman–Crippen LogP) is 3.21. The number of aromatic nitrogens is 2. The van der Waals surface area contributed by atoms with Crippen LogP contribution in [0.2, 0.25) is 0 Å². The summed E-state index contributed by atoms with van der Waals surface area (Å²) in [6, 6.07) is 16.0. The zero-order valence-corrected chi connectivity index (χ0v) is 17.3. The molecule has 0 aliphatic heterocycles. The molecule has 0 radical (unpaired) electrons. The Bertz CT molecular complexity index is 1350. The molecule has 32 heavy (non-hydrogen) atoms. The highest BCUT2D eigenvalue weighted by atomic mass is 16.5. The van der Waals surface area contributed by atoms with Crippen molar-refractivity contribution in [2.45, 2.75) is 13.5 Å². The van der Waals surface area contributed by atoms with Crippen molar-refractivity contribution in [3.05, 3.63) is 93.6 Å². The number of nitrogens with zero attached hydrogens (tertiary/aromatic N) is 2. The van der Waals surface area contributed by atoms with Crippen LogP contribution in [0.1, 0.15) is 32.2 Å². The summed E-state index contributed by atoms with van der Waals surface area (Å²) in [5.41, 5.74) is 1.45. The first-order valence-corrected chi connectivity index (χ1v) is 9.66. The lowest BCUT2D eigenvalue weighted by molar-refractivity contribution is 0.0467. The normalized spacial score (nSPS) is 10.7. The fourth-order valence-electron chi connectivity index (χ4n) is 3.09. The van der Waals surface area contributed by atoms with Crippen LogP contribution in [0.4, 0.5) is 5.69 Å². The van der Waals surface area contributed by atoms with E-state index in [4.69, 9.17) is 14.0 Å². The number of hydrogen-bond donors (Lipinski definition) is 1. The van der Waals surface area contributed by atoms with E-state index in [9.17, 15) is 14.4 Å². The van der Waals surface area contributed by atoms with Crippen molar-refractivity contribution >= 4 is 23.2 Å². The smallest absolute Gasteiger partial charge is 0.338 e. The molecule has 0 atom stereocenters. The highest BCUT2D eigenvalue weighted by Gasteiger charge is 2.13. The van der Waals surface area contributed by atoms with Crippen molar-refractivity contribution in [1.82, 2.24) is 9.56 Å². The first kappa shape index (κ1) is 20.9. The van der Waals surface area contributed by atoms with Gasteiger partial charge in [-0.1, -0.05) is 12.1 Å². The van der Waals surface area contributed by atoms with Crippen LogP contribution in [0.15, 0.2) is 70.0 Å². The fraction of sp³-hybridized carbons (Fsp3) is 0.130. The zero-order chi connectivity index (χ0) is 22.7. The summed E-state index contributed by atoms with van der Waals surface area (Å²) in [6.07, 6.45) is 0. The van der Waals surface area contributed by atoms with Gasteiger partial charge < -0.3 is 19.3 Å². The first-order chi connectivity index (χ1) is 15.4. The van der Waals surface area contributed by atoms with Gasteiger partial charge in [0.05, 0.1) is 23.9 Å². The maximum absolute atomic E-state index is 12.5. The molecule has 0 aliphatic carbocycles. The summed E-state index contributed by atoms with van der Waals surface area (Å²) in [6.45, 7) is 1.54. The number of methoxy groups -OCH3 is 1. The molecule has 0 fully saturated rings. The second-order valence-electron chi connectivity index (χ2n) is 6.89. The summed E-state index contributed by atoms with van der Waals surface area (Å²) in [5.74, 6) is 0.0850. The Balaban J connectivity index is 1.40. The van der Waals surface area contributed by atoms with Gasteiger partial charge >= 0.3 is 5.97 Å². The van der Waals surface area contributed by atoms with Crippen molar-refractivity contribution in [2.24, 2.45) is 0 Å². The summed E-state index contributed by atoms with van der Waals surface area (Å²) >= 11 is 0. The van der Waals surface area contributed by atoms with Gasteiger partial charge in [0.25, 0.3) is 11.5 Å². The molecule has 0 saturated heterocycles. The number of aryl methyl sites for hydroxylation is 1. The Morgan fingerprint density at radius 1 is 1.09 bits per heavy atom. The van der Waals surface area contributed by atoms with Crippen LogP contribution in [-0.2, 0) is 11.3 Å². The van der Waals surface area contributed by atoms with E-state index in [1.807, 2.05) is 0 Å². The molecule has 9 heteroatoms. The quantitative estimate of drug-likeness (QED) is 0.465. The number of amides is 1. The highest BCUT2D eigenvalue weighted by molar-refractivity contribution is 6.06. The number of esters is 1. The lowest BCUT2D eigenvalue weighted by Crippen LogP contribution is -2.15. The number of benzene rings is 2. The van der Waals surface area contributed by atoms with Gasteiger partial charge in [0.15, 0.2) is 5.65 Å². The number of rotatable bonds is 6. The van der Waals surface area contributed by atoms with Crippen LogP contribution in [0, 0.1) is 6.92 Å². The van der Waals surface area contributed by atoms with Gasteiger partial charge in [0.1, 0.15) is 18.1 Å². The molecule has 1 amide bonds. The molecule has 0 bridgehead atoms. The second-order valence-corrected chi connectivity index (χ2v) is 6.89. The molecule has 0 spiro atoms. The number of carbonyl (C=O) groups is 2. The molecule has 1 N–H and O–H groups in total. The van der Waals surface area contributed by atoms with Crippen molar-refractivity contribution in [3.8, 4) is 5.75 Å². The van der Waals surface area contributed by atoms with Crippen LogP contribution < -0.4 is 15.6 Å². The minimum atomic E-state index is -0.585. The van der Waals surface area contributed by atoms with E-state index in [-0.39, 0.29) is 18.1 Å². The average molecular weight is 433 g/mol. The number of para-hydroxylation sites is 1. The van der Waals surface area contributed by atoms with E-state index in [1.54, 1.807) is 49.4 Å². The Labute approximate surface area is 182 Å². The molecule has 2 aromatic carbocycles. The standard InChI is InChI=1S/C23H19N3O6/c1-14-11-20-24-17(12-21(27)26(20)32-14)13-31-23(29)15-7-9-16(10-8-15)25-22(28)18-5-3-4-6-19(18)30-2/h3-12H,13H2,1-2H3,(H,25,28). The van der Waals surface area contributed by atoms with Crippen molar-refractivity contribution in [2.75, 3.05) is 12.4 Å². The van der Waals surface area contributed by atoms with Gasteiger partial charge in [0.2, 0.25) is 0 Å². The number of carbonyl (C=O) groups excluding carboxylic acids is 2. The maximum atomic E-state index is 12.5. The maximum Gasteiger partial charge on any atom is 0.338 e. The number of anilines is 1. The average Bonchev–Trinajstić information content (AvgIpc) is 3.18. The van der Waals surface area contributed by atoms with E-state index in [0.29, 0.717) is 34.1 Å². The van der Waals surface area contributed by atoms with Crippen molar-refractivity contribution in [1.29, 1.82) is 0 Å². The van der Waals surface area contributed by atoms with Crippen LogP contribution in [0.5, 0.6) is 5.75 Å². The Morgan fingerprint density at radius 2 is 1.84 bits per heavy atom. The third-order valence-corrected chi connectivity index (χ3v) is 4.61. The van der Waals surface area contributed by atoms with E-state index in [1.165, 1.54) is 25.3 Å². The molecule has 0 saturated carbocycles. The predicted molar refractivity (Wildman–Crippen MR) is 115 cm³/mol. The van der Waals surface area contributed by atoms with Gasteiger partial charge in [0, 0.05) is 17.8 Å². The van der Waals surface area contributed by atoms with Gasteiger partial charge in [-0.05, 0) is 43.3 Å². The lowest BCUT2D eigenvalue weighted by atomic mass is 10.1. The molecule has 9 nitrogen and oxygen atoms in total. The number of nitrogens with one attached hydrogen (secondary N) is 1. The summed E-state index contributed by atoms with van der Waals surface area (Å²) < 4.78 is 16.8. The van der Waals surface area contributed by atoms with Gasteiger partial charge in [-0.15, -0.1) is 4.57 Å². The van der Waals surface area contributed by atoms with E-state index < -0.39 is 11.5 Å². The number of fused-ring (bicyclic) bond motifs is 1. The summed E-state index contributed by atoms with van der Waals surface area (Å²) in [4.78, 5) is 41.1. The van der Waals surface area contributed by atoms with E-state index in [2.05, 4.69) is 10.3 Å². The molecule has 2 heterocycles. The SMILES string of the molecule is COc1ccccc1C(=O)Nc1ccc(C(=O)OCc2cc(=O)n3oc(C)cc3n2)cc1. The molecule has 2 aromatic heterocycles. The van der Waals surface area contributed by atoms with Crippen LogP contribution in [0.3, 0.4) is 0 Å². The number of hydrogen-bond acceptors (Lipinski definition) is 7. The fourth-order valence-corrected chi connectivity index (χ4v) is 3.09. The van der Waals surface area contributed by atoms with Crippen LogP contribution in [-0.4, -0.2) is 28.5 Å². The lowest BCUT2D eigenvalue weighted by Gasteiger charge is -2.09. The van der Waals surface area contributed by atoms with Gasteiger partial charge in [-0.3, -0.25) is 9.59 Å². The summed E-state index contributed by atoms with van der Waals surface area (Å²) in [5, 5.41) is 2.76. The molecule has 0 unspecified atom stereocenters. The zero-order valence-electron chi connectivity index (χ0n) is 17.3. The third kappa shape index (κ3) is 4.36. The van der Waals surface area contributed by atoms with E-state index >= 15 is 0 Å². The molecule has 4 aromatic rings. The van der Waals surface area contributed by atoms with Crippen LogP contribution in [0.25, 0.3) is 5.65 Å². The Hall–Kier alpha value is -4.40. The molecular formula is C23H19N3O6. The van der Waals surface area contributed by atoms with Crippen LogP contribution >= 0.6 is 0 Å². The van der Waals surface area contributed by atoms with Crippen molar-refractivity contribution < 1.29 is 23.6 Å². The first-order valence-electron chi connectivity index (χ1n) is 9.66. The topological polar surface area (TPSA) is 112 Å². The summed E-state index contributed by atoms with van der Waals surface area (Å²) in [7, 11) is 1.49. The molecular weight excluding hydrogens is 414 g/mol. The number of ether oxygens (including phenoxy) is 2. The van der Waals surface area contributed by atoms with E-state index in [0.717, 1.165) is 4.57 Å². The second kappa shape index (κ2) is 8.76.